The molecule has 0 rings (SSSR count). The maximum absolute atomic E-state index is 8.89. The number of hydrogen-bond acceptors (Lipinski definition) is 4. The van der Waals surface area contributed by atoms with Crippen LogP contribution in [0.1, 0.15) is 13.8 Å². The number of nitrogens with two attached hydrogens (primary N) is 1. The highest BCUT2D eigenvalue weighted by Crippen LogP contribution is 2.38. The number of nitrogens with one attached hydrogen (secondary N) is 1. The van der Waals surface area contributed by atoms with Gasteiger partial charge in [0.05, 0.1) is 4.91 Å². The normalized spacial score (nSPS) is 11.6. The lowest BCUT2D eigenvalue weighted by atomic mass is 10.4. The van der Waals surface area contributed by atoms with Crippen LogP contribution in [0.15, 0.2) is 35.9 Å². The van der Waals surface area contributed by atoms with Crippen molar-refractivity contribution in [2.45, 2.75) is 13.8 Å². The first-order chi connectivity index (χ1) is 6.38. The summed E-state index contributed by atoms with van der Waals surface area (Å²) < 4.78 is 17.8. The Balaban J connectivity index is 0. The van der Waals surface area contributed by atoms with Gasteiger partial charge in [0.1, 0.15) is 0 Å². The van der Waals surface area contributed by atoms with Crippen LogP contribution in [0.4, 0.5) is 0 Å². The van der Waals surface area contributed by atoms with Crippen molar-refractivity contribution in [3.8, 4) is 0 Å². The molecule has 14 heavy (non-hydrogen) atoms. The average molecular weight is 220 g/mol. The van der Waals surface area contributed by atoms with Gasteiger partial charge < -0.3 is 5.32 Å². The SMILES string of the molecule is C=C(/C=C\C(=C)S(N)(O)O)NC.CC. The van der Waals surface area contributed by atoms with Gasteiger partial charge in [-0.15, -0.1) is 10.8 Å². The summed E-state index contributed by atoms with van der Waals surface area (Å²) in [6, 6.07) is 0. The third-order valence-corrected chi connectivity index (χ3v) is 2.09. The molecule has 4 nitrogen and oxygen atoms in total. The molecular weight excluding hydrogens is 200 g/mol. The summed E-state index contributed by atoms with van der Waals surface area (Å²) in [4.78, 5) is 0.0823. The molecule has 5 heteroatoms. The molecular formula is C9H20N2O2S. The van der Waals surface area contributed by atoms with Crippen molar-refractivity contribution in [2.24, 2.45) is 5.14 Å². The van der Waals surface area contributed by atoms with Crippen LogP contribution in [-0.4, -0.2) is 16.2 Å². The van der Waals surface area contributed by atoms with Crippen LogP contribution in [0.3, 0.4) is 0 Å². The molecule has 0 aliphatic carbocycles. The predicted octanol–water partition coefficient (Wildman–Crippen LogP) is 2.44. The lowest BCUT2D eigenvalue weighted by molar-refractivity contribution is 0.499. The fourth-order valence-electron chi connectivity index (χ4n) is 0.377. The van der Waals surface area contributed by atoms with Crippen molar-refractivity contribution in [3.05, 3.63) is 35.9 Å². The van der Waals surface area contributed by atoms with Gasteiger partial charge in [0, 0.05) is 12.7 Å². The third kappa shape index (κ3) is 7.88. The molecule has 0 saturated carbocycles. The minimum absolute atomic E-state index is 0.0823. The molecule has 0 radical (unpaired) electrons. The maximum Gasteiger partial charge on any atom is 0.0676 e. The Labute approximate surface area is 87.7 Å². The molecule has 0 spiro atoms. The Hall–Kier alpha value is -0.750. The van der Waals surface area contributed by atoms with Gasteiger partial charge in [0.25, 0.3) is 0 Å². The van der Waals surface area contributed by atoms with Gasteiger partial charge in [-0.2, -0.15) is 0 Å². The summed E-state index contributed by atoms with van der Waals surface area (Å²) in [5.74, 6) is 0. The molecule has 5 N–H and O–H groups in total. The molecule has 0 amide bonds. The van der Waals surface area contributed by atoms with Gasteiger partial charge in [0.2, 0.25) is 0 Å². The molecule has 0 saturated heterocycles. The lowest BCUT2D eigenvalue weighted by Crippen LogP contribution is -2.09. The van der Waals surface area contributed by atoms with Gasteiger partial charge in [-0.1, -0.05) is 27.0 Å². The van der Waals surface area contributed by atoms with Crippen molar-refractivity contribution in [1.29, 1.82) is 0 Å². The Kier molecular flexibility index (Phi) is 8.57. The van der Waals surface area contributed by atoms with Crippen molar-refractivity contribution >= 4 is 10.8 Å². The maximum atomic E-state index is 8.89. The highest BCUT2D eigenvalue weighted by molar-refractivity contribution is 8.25. The zero-order valence-electron chi connectivity index (χ0n) is 8.95. The fourth-order valence-corrected chi connectivity index (χ4v) is 0.645. The summed E-state index contributed by atoms with van der Waals surface area (Å²) >= 11 is 0. The van der Waals surface area contributed by atoms with Gasteiger partial charge in [0.15, 0.2) is 0 Å². The molecule has 0 aromatic rings. The van der Waals surface area contributed by atoms with Crippen LogP contribution >= 0.6 is 10.8 Å². The summed E-state index contributed by atoms with van der Waals surface area (Å²) in [5.41, 5.74) is 0.639. The van der Waals surface area contributed by atoms with E-state index in [1.165, 1.54) is 6.08 Å². The second-order valence-electron chi connectivity index (χ2n) is 2.17. The zero-order chi connectivity index (χ0) is 11.8. The summed E-state index contributed by atoms with van der Waals surface area (Å²) in [6.07, 6.45) is 2.97. The lowest BCUT2D eigenvalue weighted by Gasteiger charge is -2.26. The average Bonchev–Trinajstić information content (AvgIpc) is 2.15. The van der Waals surface area contributed by atoms with E-state index in [9.17, 15) is 0 Å². The molecule has 0 aromatic heterocycles. The van der Waals surface area contributed by atoms with Crippen LogP contribution in [0.2, 0.25) is 0 Å². The molecule has 84 valence electrons. The topological polar surface area (TPSA) is 78.5 Å². The van der Waals surface area contributed by atoms with Crippen LogP contribution in [0.5, 0.6) is 0 Å². The largest absolute Gasteiger partial charge is 0.389 e. The van der Waals surface area contributed by atoms with Crippen LogP contribution < -0.4 is 10.5 Å². The van der Waals surface area contributed by atoms with E-state index in [0.29, 0.717) is 5.70 Å². The molecule has 0 aliphatic rings. The Morgan fingerprint density at radius 3 is 2.00 bits per heavy atom. The van der Waals surface area contributed by atoms with E-state index >= 15 is 0 Å². The molecule has 0 atom stereocenters. The van der Waals surface area contributed by atoms with Crippen molar-refractivity contribution in [3.63, 3.8) is 0 Å². The highest BCUT2D eigenvalue weighted by Gasteiger charge is 2.05. The molecule has 0 heterocycles. The van der Waals surface area contributed by atoms with Gasteiger partial charge in [-0.25, -0.2) is 5.14 Å². The Morgan fingerprint density at radius 1 is 1.29 bits per heavy atom. The zero-order valence-corrected chi connectivity index (χ0v) is 9.77. The standard InChI is InChI=1S/C7H14N2O2S.C2H6/c1-6(9-3)4-5-7(2)12(8,10)11;1-2/h4-5,9-11H,1-2,8H2,3H3;1-2H3/b5-4-;. The summed E-state index contributed by atoms with van der Waals surface area (Å²) in [5, 5.41) is 7.75. The first-order valence-corrected chi connectivity index (χ1v) is 5.78. The van der Waals surface area contributed by atoms with Gasteiger partial charge in [-0.05, 0) is 12.2 Å². The Morgan fingerprint density at radius 2 is 1.71 bits per heavy atom. The number of rotatable bonds is 4. The van der Waals surface area contributed by atoms with Gasteiger partial charge >= 0.3 is 0 Å². The summed E-state index contributed by atoms with van der Waals surface area (Å²) in [6.45, 7) is 11.0. The van der Waals surface area contributed by atoms with Gasteiger partial charge in [-0.3, -0.25) is 9.11 Å². The number of allylic oxidation sites excluding steroid dienone is 2. The minimum atomic E-state index is -3.16. The van der Waals surface area contributed by atoms with E-state index < -0.39 is 10.8 Å². The van der Waals surface area contributed by atoms with Crippen molar-refractivity contribution in [1.82, 2.24) is 5.32 Å². The predicted molar refractivity (Wildman–Crippen MR) is 64.9 cm³/mol. The molecule has 0 unspecified atom stereocenters. The van der Waals surface area contributed by atoms with E-state index in [2.05, 4.69) is 18.5 Å². The molecule has 0 aliphatic heterocycles. The molecule has 0 aromatic carbocycles. The minimum Gasteiger partial charge on any atom is -0.389 e. The van der Waals surface area contributed by atoms with E-state index in [1.54, 1.807) is 13.1 Å². The second kappa shape index (κ2) is 7.64. The van der Waals surface area contributed by atoms with Crippen LogP contribution in [0, 0.1) is 0 Å². The summed E-state index contributed by atoms with van der Waals surface area (Å²) in [7, 11) is -1.45. The first kappa shape index (κ1) is 15.7. The fraction of sp³-hybridized carbons (Fsp3) is 0.333. The van der Waals surface area contributed by atoms with E-state index in [-0.39, 0.29) is 4.91 Å². The van der Waals surface area contributed by atoms with E-state index in [1.807, 2.05) is 13.8 Å². The smallest absolute Gasteiger partial charge is 0.0676 e. The monoisotopic (exact) mass is 220 g/mol. The molecule has 0 bridgehead atoms. The second-order valence-corrected chi connectivity index (χ2v) is 3.88. The van der Waals surface area contributed by atoms with Crippen LogP contribution in [0.25, 0.3) is 0 Å². The number of hydrogen-bond donors (Lipinski definition) is 4. The third-order valence-electron chi connectivity index (χ3n) is 1.18. The van der Waals surface area contributed by atoms with E-state index in [4.69, 9.17) is 14.2 Å². The first-order valence-electron chi connectivity index (χ1n) is 4.17. The highest BCUT2D eigenvalue weighted by atomic mass is 32.3. The van der Waals surface area contributed by atoms with Crippen molar-refractivity contribution in [2.75, 3.05) is 7.05 Å². The van der Waals surface area contributed by atoms with E-state index in [0.717, 1.165) is 0 Å². The Bertz CT molecular complexity index is 219. The van der Waals surface area contributed by atoms with Crippen LogP contribution in [-0.2, 0) is 0 Å². The van der Waals surface area contributed by atoms with Crippen molar-refractivity contribution < 1.29 is 9.11 Å². The molecule has 0 fully saturated rings. The quantitative estimate of drug-likeness (QED) is 0.549. The number of likely N-dealkylation sites (N-methyl/N-ethyl adjacent to an activating group) is 1.